The highest BCUT2D eigenvalue weighted by Crippen LogP contribution is 2.30. The van der Waals surface area contributed by atoms with Crippen LogP contribution in [-0.4, -0.2) is 28.5 Å². The molecule has 2 N–H and O–H groups in total. The fourth-order valence-corrected chi connectivity index (χ4v) is 3.40. The molecule has 128 valence electrons. The van der Waals surface area contributed by atoms with E-state index in [9.17, 15) is 22.8 Å². The zero-order chi connectivity index (χ0) is 17.0. The van der Waals surface area contributed by atoms with Gasteiger partial charge in [0.2, 0.25) is 5.91 Å². The maximum Gasteiger partial charge on any atom is 0.434 e. The van der Waals surface area contributed by atoms with E-state index in [0.717, 1.165) is 16.7 Å². The third-order valence-corrected chi connectivity index (χ3v) is 4.84. The molecule has 0 bridgehead atoms. The molecular weight excluding hydrogens is 333 g/mol. The first kappa shape index (κ1) is 17.7. The maximum absolute atomic E-state index is 12.4. The smallest absolute Gasteiger partial charge is 0.434 e. The SMILES string of the molecule is O=C(O)C1CCC(C(=O)NCCc2nc(C(F)(F)F)cs2)CC1. The van der Waals surface area contributed by atoms with Crippen LogP contribution < -0.4 is 5.32 Å². The Morgan fingerprint density at radius 1 is 1.26 bits per heavy atom. The van der Waals surface area contributed by atoms with Crippen molar-refractivity contribution in [2.24, 2.45) is 11.8 Å². The second-order valence-electron chi connectivity index (χ2n) is 5.55. The average Bonchev–Trinajstić information content (AvgIpc) is 2.96. The van der Waals surface area contributed by atoms with Crippen LogP contribution in [0.4, 0.5) is 13.2 Å². The summed E-state index contributed by atoms with van der Waals surface area (Å²) < 4.78 is 37.2. The first-order valence-corrected chi connectivity index (χ1v) is 8.17. The molecule has 1 saturated carbocycles. The van der Waals surface area contributed by atoms with Crippen LogP contribution >= 0.6 is 11.3 Å². The molecule has 1 aliphatic rings. The second-order valence-corrected chi connectivity index (χ2v) is 6.49. The van der Waals surface area contributed by atoms with E-state index in [-0.39, 0.29) is 30.7 Å². The number of carbonyl (C=O) groups excluding carboxylic acids is 1. The number of halogens is 3. The minimum absolute atomic E-state index is 0.165. The Morgan fingerprint density at radius 3 is 2.39 bits per heavy atom. The van der Waals surface area contributed by atoms with Gasteiger partial charge in [0, 0.05) is 24.3 Å². The van der Waals surface area contributed by atoms with Gasteiger partial charge in [-0.25, -0.2) is 4.98 Å². The van der Waals surface area contributed by atoms with E-state index in [4.69, 9.17) is 5.11 Å². The zero-order valence-electron chi connectivity index (χ0n) is 12.2. The summed E-state index contributed by atoms with van der Waals surface area (Å²) in [4.78, 5) is 26.3. The Labute approximate surface area is 134 Å². The highest BCUT2D eigenvalue weighted by atomic mass is 32.1. The molecule has 2 rings (SSSR count). The number of nitrogens with zero attached hydrogens (tertiary/aromatic N) is 1. The van der Waals surface area contributed by atoms with Crippen molar-refractivity contribution in [1.82, 2.24) is 10.3 Å². The van der Waals surface area contributed by atoms with Crippen molar-refractivity contribution in [2.75, 3.05) is 6.54 Å². The van der Waals surface area contributed by atoms with Gasteiger partial charge >= 0.3 is 12.1 Å². The van der Waals surface area contributed by atoms with Gasteiger partial charge in [-0.15, -0.1) is 11.3 Å². The summed E-state index contributed by atoms with van der Waals surface area (Å²) in [5, 5.41) is 12.9. The molecule has 0 radical (unpaired) electrons. The summed E-state index contributed by atoms with van der Waals surface area (Å²) in [5.74, 6) is -1.59. The van der Waals surface area contributed by atoms with Crippen LogP contribution in [0.2, 0.25) is 0 Å². The molecule has 23 heavy (non-hydrogen) atoms. The van der Waals surface area contributed by atoms with E-state index >= 15 is 0 Å². The lowest BCUT2D eigenvalue weighted by Crippen LogP contribution is -2.35. The minimum Gasteiger partial charge on any atom is -0.481 e. The largest absolute Gasteiger partial charge is 0.481 e. The van der Waals surface area contributed by atoms with Crippen molar-refractivity contribution < 1.29 is 27.9 Å². The summed E-state index contributed by atoms with van der Waals surface area (Å²) in [6.45, 7) is 0.225. The van der Waals surface area contributed by atoms with Crippen LogP contribution in [0.15, 0.2) is 5.38 Å². The normalized spacial score (nSPS) is 21.9. The van der Waals surface area contributed by atoms with Gasteiger partial charge in [-0.05, 0) is 25.7 Å². The molecule has 1 amide bonds. The quantitative estimate of drug-likeness (QED) is 0.856. The van der Waals surface area contributed by atoms with E-state index in [1.807, 2.05) is 0 Å². The van der Waals surface area contributed by atoms with Crippen molar-refractivity contribution >= 4 is 23.2 Å². The van der Waals surface area contributed by atoms with E-state index in [1.54, 1.807) is 0 Å². The first-order chi connectivity index (χ1) is 10.8. The standard InChI is InChI=1S/C14H17F3N2O3S/c15-14(16,17)10-7-23-11(19-10)5-6-18-12(20)8-1-3-9(4-2-8)13(21)22/h7-9H,1-6H2,(H,18,20)(H,21,22). The van der Waals surface area contributed by atoms with Crippen molar-refractivity contribution in [3.8, 4) is 0 Å². The molecule has 5 nitrogen and oxygen atoms in total. The molecule has 1 fully saturated rings. The summed E-state index contributed by atoms with van der Waals surface area (Å²) >= 11 is 0.919. The topological polar surface area (TPSA) is 79.3 Å². The Bertz CT molecular complexity index is 566. The Morgan fingerprint density at radius 2 is 1.87 bits per heavy atom. The summed E-state index contributed by atoms with van der Waals surface area (Å²) in [5.41, 5.74) is -0.907. The first-order valence-electron chi connectivity index (χ1n) is 7.29. The van der Waals surface area contributed by atoms with Crippen LogP contribution in [0, 0.1) is 11.8 Å². The fraction of sp³-hybridized carbons (Fsp3) is 0.643. The minimum atomic E-state index is -4.44. The second kappa shape index (κ2) is 7.29. The molecule has 0 unspecified atom stereocenters. The van der Waals surface area contributed by atoms with E-state index < -0.39 is 17.8 Å². The number of hydrogen-bond acceptors (Lipinski definition) is 4. The molecule has 0 spiro atoms. The average molecular weight is 350 g/mol. The van der Waals surface area contributed by atoms with Crippen molar-refractivity contribution in [3.05, 3.63) is 16.1 Å². The van der Waals surface area contributed by atoms with Crippen LogP contribution in [0.3, 0.4) is 0 Å². The highest BCUT2D eigenvalue weighted by Gasteiger charge is 2.33. The zero-order valence-corrected chi connectivity index (χ0v) is 13.0. The van der Waals surface area contributed by atoms with Crippen LogP contribution in [0.1, 0.15) is 36.4 Å². The van der Waals surface area contributed by atoms with E-state index in [0.29, 0.717) is 30.7 Å². The number of rotatable bonds is 5. The lowest BCUT2D eigenvalue weighted by molar-refractivity contribution is -0.144. The van der Waals surface area contributed by atoms with Crippen molar-refractivity contribution in [1.29, 1.82) is 0 Å². The number of nitrogens with one attached hydrogen (secondary N) is 1. The molecule has 1 aromatic heterocycles. The summed E-state index contributed by atoms with van der Waals surface area (Å²) in [6, 6.07) is 0. The Hall–Kier alpha value is -1.64. The number of thiazole rings is 1. The molecular formula is C14H17F3N2O3S. The summed E-state index contributed by atoms with van der Waals surface area (Å²) in [7, 11) is 0. The Kier molecular flexibility index (Phi) is 5.61. The predicted molar refractivity (Wildman–Crippen MR) is 76.9 cm³/mol. The van der Waals surface area contributed by atoms with Gasteiger partial charge in [0.25, 0.3) is 0 Å². The number of carboxylic acids is 1. The van der Waals surface area contributed by atoms with Gasteiger partial charge in [-0.1, -0.05) is 0 Å². The number of carboxylic acid groups (broad SMARTS) is 1. The number of aromatic nitrogens is 1. The van der Waals surface area contributed by atoms with E-state index in [1.165, 1.54) is 0 Å². The van der Waals surface area contributed by atoms with Gasteiger partial charge in [-0.3, -0.25) is 9.59 Å². The molecule has 1 aliphatic carbocycles. The van der Waals surface area contributed by atoms with Crippen LogP contribution in [0.25, 0.3) is 0 Å². The predicted octanol–water partition coefficient (Wildman–Crippen LogP) is 2.71. The van der Waals surface area contributed by atoms with E-state index in [2.05, 4.69) is 10.3 Å². The molecule has 0 saturated heterocycles. The van der Waals surface area contributed by atoms with Gasteiger partial charge in [0.1, 0.15) is 0 Å². The third kappa shape index (κ3) is 4.92. The lowest BCUT2D eigenvalue weighted by Gasteiger charge is -2.25. The molecule has 0 aliphatic heterocycles. The number of alkyl halides is 3. The monoisotopic (exact) mass is 350 g/mol. The lowest BCUT2D eigenvalue weighted by atomic mass is 9.81. The summed E-state index contributed by atoms with van der Waals surface area (Å²) in [6.07, 6.45) is -2.18. The van der Waals surface area contributed by atoms with Crippen molar-refractivity contribution in [3.63, 3.8) is 0 Å². The number of aliphatic carboxylic acids is 1. The van der Waals surface area contributed by atoms with Gasteiger partial charge in [0.15, 0.2) is 5.69 Å². The van der Waals surface area contributed by atoms with Crippen molar-refractivity contribution in [2.45, 2.75) is 38.3 Å². The molecule has 1 heterocycles. The van der Waals surface area contributed by atoms with Crippen LogP contribution in [-0.2, 0) is 22.2 Å². The molecule has 0 aromatic carbocycles. The Balaban J connectivity index is 1.73. The number of carbonyl (C=O) groups is 2. The third-order valence-electron chi connectivity index (χ3n) is 3.93. The maximum atomic E-state index is 12.4. The molecule has 9 heteroatoms. The van der Waals surface area contributed by atoms with Gasteiger partial charge in [0.05, 0.1) is 10.9 Å². The molecule has 1 aromatic rings. The fourth-order valence-electron chi connectivity index (χ4n) is 2.60. The van der Waals surface area contributed by atoms with Crippen LogP contribution in [0.5, 0.6) is 0 Å². The number of hydrogen-bond donors (Lipinski definition) is 2. The van der Waals surface area contributed by atoms with Gasteiger partial charge in [-0.2, -0.15) is 13.2 Å². The number of amides is 1. The van der Waals surface area contributed by atoms with Gasteiger partial charge < -0.3 is 10.4 Å². The molecule has 0 atom stereocenters. The highest BCUT2D eigenvalue weighted by molar-refractivity contribution is 7.09.